The molecular weight excluding hydrogens is 376 g/mol. The molecule has 0 radical (unpaired) electrons. The number of methoxy groups -OCH3 is 1. The summed E-state index contributed by atoms with van der Waals surface area (Å²) in [5.41, 5.74) is 4.61. The molecule has 1 N–H and O–H groups in total. The van der Waals surface area contributed by atoms with Crippen molar-refractivity contribution in [3.8, 4) is 5.75 Å². The van der Waals surface area contributed by atoms with Gasteiger partial charge in [0.2, 0.25) is 0 Å². The number of nitrogens with zero attached hydrogens (tertiary/aromatic N) is 1. The lowest BCUT2D eigenvalue weighted by Gasteiger charge is -2.18. The van der Waals surface area contributed by atoms with Crippen LogP contribution in [0.3, 0.4) is 0 Å². The average molecular weight is 398 g/mol. The molecule has 5 nitrogen and oxygen atoms in total. The highest BCUT2D eigenvalue weighted by Crippen LogP contribution is 2.37. The van der Waals surface area contributed by atoms with Gasteiger partial charge in [-0.15, -0.1) is 0 Å². The molecule has 4 rings (SSSR count). The quantitative estimate of drug-likeness (QED) is 0.633. The van der Waals surface area contributed by atoms with Crippen LogP contribution in [0.4, 0.5) is 11.4 Å². The van der Waals surface area contributed by atoms with Crippen LogP contribution in [0.15, 0.2) is 78.5 Å². The van der Waals surface area contributed by atoms with E-state index < -0.39 is 5.91 Å². The van der Waals surface area contributed by atoms with Crippen LogP contribution in [-0.4, -0.2) is 18.9 Å². The van der Waals surface area contributed by atoms with Gasteiger partial charge in [0.1, 0.15) is 11.4 Å². The van der Waals surface area contributed by atoms with Crippen molar-refractivity contribution in [2.45, 2.75) is 13.8 Å². The number of carbonyl (C=O) groups excluding carboxylic acids is 2. The van der Waals surface area contributed by atoms with Gasteiger partial charge < -0.3 is 10.1 Å². The van der Waals surface area contributed by atoms with E-state index in [9.17, 15) is 9.59 Å². The number of anilines is 2. The first-order chi connectivity index (χ1) is 14.5. The molecule has 3 aromatic carbocycles. The van der Waals surface area contributed by atoms with Crippen molar-refractivity contribution in [2.24, 2.45) is 0 Å². The van der Waals surface area contributed by atoms with E-state index in [2.05, 4.69) is 5.32 Å². The number of nitrogens with one attached hydrogen (secondary N) is 1. The maximum Gasteiger partial charge on any atom is 0.282 e. The zero-order valence-electron chi connectivity index (χ0n) is 17.1. The van der Waals surface area contributed by atoms with E-state index in [1.807, 2.05) is 62.4 Å². The fourth-order valence-corrected chi connectivity index (χ4v) is 3.45. The van der Waals surface area contributed by atoms with E-state index in [4.69, 9.17) is 4.74 Å². The number of hydrogen-bond acceptors (Lipinski definition) is 4. The van der Waals surface area contributed by atoms with Gasteiger partial charge in [0.05, 0.1) is 18.4 Å². The van der Waals surface area contributed by atoms with Crippen molar-refractivity contribution < 1.29 is 14.3 Å². The van der Waals surface area contributed by atoms with Crippen molar-refractivity contribution in [1.82, 2.24) is 0 Å². The zero-order valence-corrected chi connectivity index (χ0v) is 17.1. The molecule has 0 aliphatic carbocycles. The summed E-state index contributed by atoms with van der Waals surface area (Å²) in [5.74, 6) is -0.345. The fourth-order valence-electron chi connectivity index (χ4n) is 3.45. The smallest absolute Gasteiger partial charge is 0.282 e. The Labute approximate surface area is 175 Å². The summed E-state index contributed by atoms with van der Waals surface area (Å²) in [7, 11) is 1.52. The second-order valence-corrected chi connectivity index (χ2v) is 7.22. The van der Waals surface area contributed by atoms with Crippen LogP contribution in [0, 0.1) is 13.8 Å². The minimum Gasteiger partial charge on any atom is -0.495 e. The molecule has 0 atom stereocenters. The van der Waals surface area contributed by atoms with Crippen LogP contribution in [-0.2, 0) is 9.59 Å². The third-order valence-corrected chi connectivity index (χ3v) is 5.07. The molecule has 0 unspecified atom stereocenters. The molecule has 1 aliphatic rings. The molecule has 5 heteroatoms. The zero-order chi connectivity index (χ0) is 21.3. The molecule has 0 saturated heterocycles. The number of amides is 2. The number of imide groups is 1. The number of aryl methyl sites for hydroxylation is 2. The van der Waals surface area contributed by atoms with Gasteiger partial charge >= 0.3 is 0 Å². The Morgan fingerprint density at radius 2 is 1.37 bits per heavy atom. The van der Waals surface area contributed by atoms with Crippen molar-refractivity contribution in [3.05, 3.63) is 95.2 Å². The molecule has 1 heterocycles. The minimum absolute atomic E-state index is 0.249. The number of benzene rings is 3. The third kappa shape index (κ3) is 3.46. The van der Waals surface area contributed by atoms with E-state index in [1.54, 1.807) is 24.3 Å². The molecule has 0 fully saturated rings. The SMILES string of the molecule is COc1ccccc1N1C(=O)C(Nc2ccc(C)cc2)=C(c2ccc(C)cc2)C1=O. The molecule has 0 aromatic heterocycles. The summed E-state index contributed by atoms with van der Waals surface area (Å²) < 4.78 is 5.39. The summed E-state index contributed by atoms with van der Waals surface area (Å²) >= 11 is 0. The number of para-hydroxylation sites is 2. The first-order valence-electron chi connectivity index (χ1n) is 9.66. The van der Waals surface area contributed by atoms with Gasteiger partial charge in [-0.05, 0) is 43.7 Å². The second kappa shape index (κ2) is 7.87. The summed E-state index contributed by atoms with van der Waals surface area (Å²) in [4.78, 5) is 28.1. The monoisotopic (exact) mass is 398 g/mol. The molecule has 30 heavy (non-hydrogen) atoms. The Morgan fingerprint density at radius 1 is 0.767 bits per heavy atom. The Bertz CT molecular complexity index is 1150. The number of hydrogen-bond donors (Lipinski definition) is 1. The van der Waals surface area contributed by atoms with Gasteiger partial charge in [-0.3, -0.25) is 9.59 Å². The van der Waals surface area contributed by atoms with Crippen LogP contribution < -0.4 is 15.0 Å². The Kier molecular flexibility index (Phi) is 5.11. The Hall–Kier alpha value is -3.86. The summed E-state index contributed by atoms with van der Waals surface area (Å²) in [6.45, 7) is 3.97. The van der Waals surface area contributed by atoms with E-state index in [0.29, 0.717) is 22.6 Å². The largest absolute Gasteiger partial charge is 0.495 e. The van der Waals surface area contributed by atoms with Gasteiger partial charge in [-0.25, -0.2) is 4.90 Å². The van der Waals surface area contributed by atoms with Gasteiger partial charge in [0, 0.05) is 5.69 Å². The first kappa shape index (κ1) is 19.5. The van der Waals surface area contributed by atoms with E-state index in [-0.39, 0.29) is 11.6 Å². The highest BCUT2D eigenvalue weighted by Gasteiger charge is 2.41. The van der Waals surface area contributed by atoms with Crippen LogP contribution >= 0.6 is 0 Å². The normalized spacial score (nSPS) is 13.8. The highest BCUT2D eigenvalue weighted by atomic mass is 16.5. The van der Waals surface area contributed by atoms with E-state index >= 15 is 0 Å². The second-order valence-electron chi connectivity index (χ2n) is 7.22. The van der Waals surface area contributed by atoms with E-state index in [0.717, 1.165) is 16.8 Å². The first-order valence-corrected chi connectivity index (χ1v) is 9.66. The molecule has 0 bridgehead atoms. The average Bonchev–Trinajstić information content (AvgIpc) is 3.00. The Balaban J connectivity index is 1.83. The number of carbonyl (C=O) groups is 2. The maximum absolute atomic E-state index is 13.5. The lowest BCUT2D eigenvalue weighted by molar-refractivity contribution is -0.120. The molecule has 150 valence electrons. The summed E-state index contributed by atoms with van der Waals surface area (Å²) in [5, 5.41) is 3.18. The summed E-state index contributed by atoms with van der Waals surface area (Å²) in [6, 6.07) is 22.3. The molecule has 0 spiro atoms. The van der Waals surface area contributed by atoms with Crippen LogP contribution in [0.5, 0.6) is 5.75 Å². The Morgan fingerprint density at radius 3 is 2.00 bits per heavy atom. The fraction of sp³-hybridized carbons (Fsp3) is 0.120. The van der Waals surface area contributed by atoms with Gasteiger partial charge in [-0.1, -0.05) is 59.7 Å². The van der Waals surface area contributed by atoms with Crippen molar-refractivity contribution >= 4 is 28.8 Å². The van der Waals surface area contributed by atoms with Gasteiger partial charge in [0.25, 0.3) is 11.8 Å². The van der Waals surface area contributed by atoms with Gasteiger partial charge in [0.15, 0.2) is 0 Å². The molecule has 2 amide bonds. The molecule has 3 aromatic rings. The van der Waals surface area contributed by atoms with Crippen LogP contribution in [0.1, 0.15) is 16.7 Å². The molecule has 1 aliphatic heterocycles. The van der Waals surface area contributed by atoms with Gasteiger partial charge in [-0.2, -0.15) is 0 Å². The standard InChI is InChI=1S/C25H22N2O3/c1-16-8-12-18(13-9-16)22-23(26-19-14-10-17(2)11-15-19)25(29)27(24(22)28)20-6-4-5-7-21(20)30-3/h4-15,26H,1-3H3. The maximum atomic E-state index is 13.5. The van der Waals surface area contributed by atoms with Crippen molar-refractivity contribution in [2.75, 3.05) is 17.3 Å². The molecular formula is C25H22N2O3. The lowest BCUT2D eigenvalue weighted by atomic mass is 10.0. The number of rotatable bonds is 5. The number of ether oxygens (including phenoxy) is 1. The summed E-state index contributed by atoms with van der Waals surface area (Å²) in [6.07, 6.45) is 0. The molecule has 0 saturated carbocycles. The highest BCUT2D eigenvalue weighted by molar-refractivity contribution is 6.46. The lowest BCUT2D eigenvalue weighted by Crippen LogP contribution is -2.32. The predicted octanol–water partition coefficient (Wildman–Crippen LogP) is 4.71. The van der Waals surface area contributed by atoms with Crippen LogP contribution in [0.25, 0.3) is 5.57 Å². The third-order valence-electron chi connectivity index (χ3n) is 5.07. The topological polar surface area (TPSA) is 58.6 Å². The predicted molar refractivity (Wildman–Crippen MR) is 118 cm³/mol. The van der Waals surface area contributed by atoms with E-state index in [1.165, 1.54) is 12.0 Å². The minimum atomic E-state index is -0.416. The van der Waals surface area contributed by atoms with Crippen molar-refractivity contribution in [3.63, 3.8) is 0 Å². The van der Waals surface area contributed by atoms with Crippen molar-refractivity contribution in [1.29, 1.82) is 0 Å². The van der Waals surface area contributed by atoms with Crippen LogP contribution in [0.2, 0.25) is 0 Å².